The lowest BCUT2D eigenvalue weighted by molar-refractivity contribution is -0.116. The van der Waals surface area contributed by atoms with Gasteiger partial charge in [-0.25, -0.2) is 12.8 Å². The van der Waals surface area contributed by atoms with Gasteiger partial charge in [0.1, 0.15) is 11.6 Å². The minimum atomic E-state index is -4.07. The first-order valence-electron chi connectivity index (χ1n) is 10.1. The molecular weight excluding hydrogens is 471 g/mol. The summed E-state index contributed by atoms with van der Waals surface area (Å²) in [6.45, 7) is 3.49. The fourth-order valence-electron chi connectivity index (χ4n) is 3.65. The van der Waals surface area contributed by atoms with Crippen molar-refractivity contribution < 1.29 is 22.4 Å². The third-order valence-electron chi connectivity index (χ3n) is 5.29. The van der Waals surface area contributed by atoms with E-state index in [1.807, 2.05) is 6.92 Å². The van der Waals surface area contributed by atoms with E-state index in [-0.39, 0.29) is 46.1 Å². The highest BCUT2D eigenvalue weighted by molar-refractivity contribution is 7.92. The van der Waals surface area contributed by atoms with Crippen LogP contribution in [0.5, 0.6) is 0 Å². The number of aryl methyl sites for hydroxylation is 2. The lowest BCUT2D eigenvalue weighted by Gasteiger charge is -2.13. The molecule has 0 saturated carbocycles. The number of rotatable bonds is 5. The number of carbonyl (C=O) groups is 2. The van der Waals surface area contributed by atoms with E-state index in [2.05, 4.69) is 15.1 Å². The van der Waals surface area contributed by atoms with Crippen LogP contribution in [-0.4, -0.2) is 30.0 Å². The number of hydrogen-bond acceptors (Lipinski definition) is 5. The van der Waals surface area contributed by atoms with Gasteiger partial charge in [-0.1, -0.05) is 30.7 Å². The van der Waals surface area contributed by atoms with E-state index in [1.165, 1.54) is 22.9 Å². The van der Waals surface area contributed by atoms with Crippen LogP contribution in [0.3, 0.4) is 0 Å². The van der Waals surface area contributed by atoms with Gasteiger partial charge in [-0.15, -0.1) is 0 Å². The second-order valence-electron chi connectivity index (χ2n) is 7.59. The van der Waals surface area contributed by atoms with Gasteiger partial charge in [-0.3, -0.25) is 14.3 Å². The minimum absolute atomic E-state index is 0.0197. The highest BCUT2D eigenvalue weighted by Crippen LogP contribution is 2.36. The number of benzene rings is 2. The third-order valence-corrected chi connectivity index (χ3v) is 7.10. The molecule has 0 spiro atoms. The van der Waals surface area contributed by atoms with Crippen LogP contribution in [0.4, 0.5) is 15.9 Å². The van der Waals surface area contributed by atoms with E-state index in [4.69, 9.17) is 11.6 Å². The zero-order chi connectivity index (χ0) is 23.9. The molecule has 3 aromatic rings. The zero-order valence-corrected chi connectivity index (χ0v) is 19.3. The van der Waals surface area contributed by atoms with Crippen LogP contribution >= 0.6 is 11.6 Å². The quantitative estimate of drug-likeness (QED) is 0.551. The number of nitrogens with zero attached hydrogens (tertiary/aromatic N) is 2. The number of amides is 1. The first-order chi connectivity index (χ1) is 15.6. The van der Waals surface area contributed by atoms with Crippen LogP contribution in [-0.2, 0) is 21.2 Å². The molecule has 2 aromatic carbocycles. The van der Waals surface area contributed by atoms with E-state index in [0.717, 1.165) is 6.07 Å². The number of hydrogen-bond donors (Lipinski definition) is 2. The summed E-state index contributed by atoms with van der Waals surface area (Å²) in [6.07, 6.45) is 0.530. The number of nitrogens with one attached hydrogen (secondary N) is 2. The predicted octanol–water partition coefficient (Wildman–Crippen LogP) is 4.39. The molecule has 0 fully saturated rings. The number of fused-ring (bicyclic) bond motifs is 1. The fraction of sp³-hybridized carbons (Fsp3) is 0.227. The maximum absolute atomic E-state index is 13.5. The Kier molecular flexibility index (Phi) is 5.98. The molecule has 1 aliphatic rings. The van der Waals surface area contributed by atoms with Crippen LogP contribution in [0, 0.1) is 12.7 Å². The van der Waals surface area contributed by atoms with Crippen molar-refractivity contribution in [2.75, 3.05) is 10.0 Å². The highest BCUT2D eigenvalue weighted by Gasteiger charge is 2.28. The Balaban J connectivity index is 1.82. The molecule has 0 aliphatic carbocycles. The van der Waals surface area contributed by atoms with E-state index in [0.29, 0.717) is 28.8 Å². The maximum Gasteiger partial charge on any atom is 0.262 e. The Bertz CT molecular complexity index is 1400. The summed E-state index contributed by atoms with van der Waals surface area (Å²) in [4.78, 5) is 24.6. The second kappa shape index (κ2) is 8.60. The van der Waals surface area contributed by atoms with Gasteiger partial charge in [0.25, 0.3) is 10.0 Å². The van der Waals surface area contributed by atoms with Gasteiger partial charge in [0.15, 0.2) is 0 Å². The Morgan fingerprint density at radius 1 is 1.18 bits per heavy atom. The van der Waals surface area contributed by atoms with Crippen molar-refractivity contribution in [3.05, 3.63) is 58.5 Å². The molecule has 8 nitrogen and oxygen atoms in total. The average Bonchev–Trinajstić information content (AvgIpc) is 3.06. The van der Waals surface area contributed by atoms with Gasteiger partial charge in [-0.05, 0) is 48.7 Å². The summed E-state index contributed by atoms with van der Waals surface area (Å²) in [6, 6.07) is 8.32. The van der Waals surface area contributed by atoms with E-state index in [9.17, 15) is 22.4 Å². The number of halogens is 2. The van der Waals surface area contributed by atoms with Gasteiger partial charge in [-0.2, -0.15) is 9.78 Å². The van der Waals surface area contributed by atoms with E-state index < -0.39 is 15.8 Å². The van der Waals surface area contributed by atoms with Crippen molar-refractivity contribution in [3.63, 3.8) is 0 Å². The second-order valence-corrected chi connectivity index (χ2v) is 9.65. The SMILES string of the molecule is CCc1nn2c(c1-c1ccc(C)c(S(=O)(=O)Nc3ccc(F)c(Cl)c3)c1)NC(=O)CCC2=O. The van der Waals surface area contributed by atoms with Crippen LogP contribution in [0.2, 0.25) is 5.02 Å². The number of anilines is 2. The molecule has 1 aromatic heterocycles. The molecule has 2 N–H and O–H groups in total. The van der Waals surface area contributed by atoms with Gasteiger partial charge < -0.3 is 5.32 Å². The van der Waals surface area contributed by atoms with Crippen LogP contribution in [0.1, 0.15) is 35.8 Å². The summed E-state index contributed by atoms with van der Waals surface area (Å²) in [5.74, 6) is -1.08. The Morgan fingerprint density at radius 2 is 1.94 bits per heavy atom. The van der Waals surface area contributed by atoms with Gasteiger partial charge in [0, 0.05) is 18.4 Å². The summed E-state index contributed by atoms with van der Waals surface area (Å²) >= 11 is 5.77. The van der Waals surface area contributed by atoms with Crippen molar-refractivity contribution in [1.82, 2.24) is 9.78 Å². The number of aromatic nitrogens is 2. The fourth-order valence-corrected chi connectivity index (χ4v) is 5.15. The minimum Gasteiger partial charge on any atom is -0.310 e. The molecule has 0 radical (unpaired) electrons. The summed E-state index contributed by atoms with van der Waals surface area (Å²) < 4.78 is 43.3. The molecule has 0 atom stereocenters. The Hall–Kier alpha value is -3.24. The summed E-state index contributed by atoms with van der Waals surface area (Å²) in [5, 5.41) is 6.87. The topological polar surface area (TPSA) is 110 Å². The standard InChI is InChI=1S/C22H20ClFN4O4S/c1-3-17-21(22-25-19(29)8-9-20(30)28(22)26-17)13-5-4-12(2)18(10-13)33(31,32)27-14-6-7-16(24)15(23)11-14/h4-7,10-11,27H,3,8-9H2,1-2H3,(H,25,29). The first-order valence-corrected chi connectivity index (χ1v) is 12.0. The van der Waals surface area contributed by atoms with E-state index >= 15 is 0 Å². The Labute approximate surface area is 194 Å². The molecule has 2 heterocycles. The van der Waals surface area contributed by atoms with Gasteiger partial charge in [0.05, 0.1) is 21.3 Å². The molecule has 0 unspecified atom stereocenters. The molecular formula is C22H20ClFN4O4S. The number of sulfonamides is 1. The number of carbonyl (C=O) groups excluding carboxylic acids is 2. The van der Waals surface area contributed by atoms with Crippen molar-refractivity contribution >= 4 is 44.9 Å². The predicted molar refractivity (Wildman–Crippen MR) is 122 cm³/mol. The molecule has 33 heavy (non-hydrogen) atoms. The van der Waals surface area contributed by atoms with Gasteiger partial charge in [0.2, 0.25) is 11.8 Å². The largest absolute Gasteiger partial charge is 0.310 e. The van der Waals surface area contributed by atoms with Gasteiger partial charge >= 0.3 is 0 Å². The van der Waals surface area contributed by atoms with E-state index in [1.54, 1.807) is 19.1 Å². The summed E-state index contributed by atoms with van der Waals surface area (Å²) in [5.41, 5.74) is 2.09. The highest BCUT2D eigenvalue weighted by atomic mass is 35.5. The lowest BCUT2D eigenvalue weighted by Crippen LogP contribution is -2.15. The Morgan fingerprint density at radius 3 is 2.64 bits per heavy atom. The van der Waals surface area contributed by atoms with Crippen molar-refractivity contribution in [1.29, 1.82) is 0 Å². The molecule has 0 bridgehead atoms. The smallest absolute Gasteiger partial charge is 0.262 e. The summed E-state index contributed by atoms with van der Waals surface area (Å²) in [7, 11) is -4.07. The third kappa shape index (κ3) is 4.36. The average molecular weight is 491 g/mol. The zero-order valence-electron chi connectivity index (χ0n) is 17.8. The van der Waals surface area contributed by atoms with Crippen LogP contribution in [0.15, 0.2) is 41.3 Å². The molecule has 1 aliphatic heterocycles. The van der Waals surface area contributed by atoms with Crippen molar-refractivity contribution in [2.45, 2.75) is 38.0 Å². The normalized spacial score (nSPS) is 13.9. The van der Waals surface area contributed by atoms with Crippen LogP contribution < -0.4 is 10.0 Å². The molecule has 1 amide bonds. The van der Waals surface area contributed by atoms with Crippen molar-refractivity contribution in [3.8, 4) is 11.1 Å². The lowest BCUT2D eigenvalue weighted by atomic mass is 10.0. The van der Waals surface area contributed by atoms with Crippen molar-refractivity contribution in [2.24, 2.45) is 0 Å². The molecule has 4 rings (SSSR count). The van der Waals surface area contributed by atoms with Crippen LogP contribution in [0.25, 0.3) is 11.1 Å². The molecule has 0 saturated heterocycles. The molecule has 172 valence electrons. The first kappa shape index (κ1) is 22.9. The molecule has 11 heteroatoms. The maximum atomic E-state index is 13.5. The monoisotopic (exact) mass is 490 g/mol.